The molecule has 3 heteroatoms. The second-order valence-corrected chi connectivity index (χ2v) is 1.55. The summed E-state index contributed by atoms with van der Waals surface area (Å²) in [5.41, 5.74) is 0. The van der Waals surface area contributed by atoms with Crippen LogP contribution in [0.15, 0.2) is 36.4 Å². The topological polar surface area (TPSA) is 35.8 Å². The minimum absolute atomic E-state index is 1.45. The Morgan fingerprint density at radius 2 is 1.20 bits per heavy atom. The average molecular weight is 155 g/mol. The molecule has 0 spiro atoms. The van der Waals surface area contributed by atoms with E-state index in [1.807, 2.05) is 36.4 Å². The number of nitrogens with zero attached hydrogens (tertiary/aromatic N) is 1. The van der Waals surface area contributed by atoms with Gasteiger partial charge in [0.15, 0.2) is 6.19 Å². The standard InChI is InChI=1S/C6H6.CHClN2/c1-2-4-6-5-3-1;2-4-1-3/h1-6H;4H. The van der Waals surface area contributed by atoms with E-state index in [0.717, 1.165) is 0 Å². The van der Waals surface area contributed by atoms with Crippen molar-refractivity contribution in [2.75, 3.05) is 0 Å². The van der Waals surface area contributed by atoms with Crippen molar-refractivity contribution >= 4 is 11.8 Å². The van der Waals surface area contributed by atoms with Crippen molar-refractivity contribution in [1.82, 2.24) is 4.84 Å². The quantitative estimate of drug-likeness (QED) is 0.352. The first-order valence-electron chi connectivity index (χ1n) is 2.66. The number of hydrogen-bond acceptors (Lipinski definition) is 2. The highest BCUT2D eigenvalue weighted by atomic mass is 35.5. The molecule has 0 fully saturated rings. The molecule has 0 aliphatic heterocycles. The highest BCUT2D eigenvalue weighted by Crippen LogP contribution is 1.79. The zero-order chi connectivity index (χ0) is 7.66. The monoisotopic (exact) mass is 154 g/mol. The Labute approximate surface area is 65.2 Å². The molecule has 0 heterocycles. The third-order valence-electron chi connectivity index (χ3n) is 0.709. The first kappa shape index (κ1) is 8.80. The SMILES string of the molecule is N#CNCl.c1ccccc1. The second kappa shape index (κ2) is 7.80. The van der Waals surface area contributed by atoms with Gasteiger partial charge in [-0.15, -0.1) is 0 Å². The van der Waals surface area contributed by atoms with E-state index >= 15 is 0 Å². The maximum absolute atomic E-state index is 7.38. The minimum atomic E-state index is 1.45. The Morgan fingerprint density at radius 3 is 1.30 bits per heavy atom. The lowest BCUT2D eigenvalue weighted by Crippen LogP contribution is -1.76. The van der Waals surface area contributed by atoms with Crippen LogP contribution in [0.5, 0.6) is 0 Å². The number of benzene rings is 1. The molecule has 10 heavy (non-hydrogen) atoms. The van der Waals surface area contributed by atoms with Crippen LogP contribution >= 0.6 is 11.8 Å². The van der Waals surface area contributed by atoms with E-state index < -0.39 is 0 Å². The van der Waals surface area contributed by atoms with Crippen LogP contribution < -0.4 is 4.84 Å². The summed E-state index contributed by atoms with van der Waals surface area (Å²) in [7, 11) is 0. The van der Waals surface area contributed by atoms with Gasteiger partial charge in [-0.05, 0) is 0 Å². The summed E-state index contributed by atoms with van der Waals surface area (Å²) in [6.45, 7) is 0. The van der Waals surface area contributed by atoms with Crippen LogP contribution in [0, 0.1) is 11.5 Å². The molecule has 1 N–H and O–H groups in total. The zero-order valence-electron chi connectivity index (χ0n) is 5.29. The van der Waals surface area contributed by atoms with E-state index in [0.29, 0.717) is 0 Å². The molecule has 0 aliphatic carbocycles. The number of halogens is 1. The Bertz CT molecular complexity index is 154. The largest absolute Gasteiger partial charge is 0.235 e. The summed E-state index contributed by atoms with van der Waals surface area (Å²) < 4.78 is 0. The van der Waals surface area contributed by atoms with E-state index in [9.17, 15) is 0 Å². The molecule has 0 unspecified atom stereocenters. The predicted octanol–water partition coefficient (Wildman–Crippen LogP) is 1.90. The minimum Gasteiger partial charge on any atom is -0.235 e. The summed E-state index contributed by atoms with van der Waals surface area (Å²) in [6.07, 6.45) is 1.45. The van der Waals surface area contributed by atoms with E-state index in [2.05, 4.69) is 11.8 Å². The highest BCUT2D eigenvalue weighted by molar-refractivity contribution is 6.14. The number of rotatable bonds is 0. The van der Waals surface area contributed by atoms with Crippen LogP contribution in [-0.4, -0.2) is 0 Å². The Balaban J connectivity index is 0.000000180. The van der Waals surface area contributed by atoms with Crippen LogP contribution in [0.1, 0.15) is 0 Å². The van der Waals surface area contributed by atoms with Crippen molar-refractivity contribution in [3.63, 3.8) is 0 Å². The van der Waals surface area contributed by atoms with Crippen LogP contribution in [0.3, 0.4) is 0 Å². The maximum atomic E-state index is 7.38. The molecular formula is C7H7ClN2. The molecule has 0 saturated heterocycles. The van der Waals surface area contributed by atoms with Crippen LogP contribution in [0.2, 0.25) is 0 Å². The van der Waals surface area contributed by atoms with Gasteiger partial charge < -0.3 is 0 Å². The number of nitrogens with one attached hydrogen (secondary N) is 1. The van der Waals surface area contributed by atoms with Gasteiger partial charge in [0.2, 0.25) is 0 Å². The van der Waals surface area contributed by atoms with Gasteiger partial charge in [-0.3, -0.25) is 0 Å². The van der Waals surface area contributed by atoms with E-state index in [1.165, 1.54) is 6.19 Å². The van der Waals surface area contributed by atoms with Crippen molar-refractivity contribution < 1.29 is 0 Å². The highest BCUT2D eigenvalue weighted by Gasteiger charge is 1.57. The van der Waals surface area contributed by atoms with Gasteiger partial charge in [0.25, 0.3) is 0 Å². The van der Waals surface area contributed by atoms with Gasteiger partial charge in [0.1, 0.15) is 0 Å². The predicted molar refractivity (Wildman–Crippen MR) is 41.0 cm³/mol. The van der Waals surface area contributed by atoms with E-state index in [-0.39, 0.29) is 0 Å². The van der Waals surface area contributed by atoms with E-state index in [1.54, 1.807) is 4.84 Å². The fraction of sp³-hybridized carbons (Fsp3) is 0. The molecule has 0 radical (unpaired) electrons. The third-order valence-corrected chi connectivity index (χ3v) is 0.793. The molecule has 1 rings (SSSR count). The van der Waals surface area contributed by atoms with Crippen LogP contribution in [0.4, 0.5) is 0 Å². The summed E-state index contributed by atoms with van der Waals surface area (Å²) in [5, 5.41) is 7.38. The van der Waals surface area contributed by atoms with Crippen molar-refractivity contribution in [3.8, 4) is 6.19 Å². The van der Waals surface area contributed by atoms with Gasteiger partial charge in [0.05, 0.1) is 0 Å². The third kappa shape index (κ3) is 6.80. The lowest BCUT2D eigenvalue weighted by atomic mass is 10.4. The first-order valence-corrected chi connectivity index (χ1v) is 3.04. The fourth-order valence-electron chi connectivity index (χ4n) is 0.385. The molecule has 1 aromatic carbocycles. The Morgan fingerprint density at radius 1 is 1.00 bits per heavy atom. The normalized spacial score (nSPS) is 6.40. The van der Waals surface area contributed by atoms with Gasteiger partial charge in [-0.1, -0.05) is 36.4 Å². The summed E-state index contributed by atoms with van der Waals surface area (Å²) in [6, 6.07) is 12.0. The lowest BCUT2D eigenvalue weighted by Gasteiger charge is -1.69. The lowest BCUT2D eigenvalue weighted by molar-refractivity contribution is 1.35. The maximum Gasteiger partial charge on any atom is 0.192 e. The molecule has 1 aromatic rings. The van der Waals surface area contributed by atoms with Crippen molar-refractivity contribution in [1.29, 1.82) is 5.26 Å². The van der Waals surface area contributed by atoms with Crippen molar-refractivity contribution in [3.05, 3.63) is 36.4 Å². The molecule has 0 aromatic heterocycles. The molecule has 2 nitrogen and oxygen atoms in total. The molecule has 0 bridgehead atoms. The first-order chi connectivity index (χ1) is 4.91. The van der Waals surface area contributed by atoms with Gasteiger partial charge in [-0.25, -0.2) is 4.84 Å². The Hall–Kier alpha value is -1.20. The number of hydrogen-bond donors (Lipinski definition) is 1. The molecule has 0 saturated carbocycles. The summed E-state index contributed by atoms with van der Waals surface area (Å²) >= 11 is 4.57. The second-order valence-electron chi connectivity index (χ2n) is 1.36. The molecule has 52 valence electrons. The fourth-order valence-corrected chi connectivity index (χ4v) is 0.385. The average Bonchev–Trinajstić information content (AvgIpc) is 2.08. The van der Waals surface area contributed by atoms with Gasteiger partial charge in [-0.2, -0.15) is 5.26 Å². The summed E-state index contributed by atoms with van der Waals surface area (Å²) in [5.74, 6) is 0. The van der Waals surface area contributed by atoms with E-state index in [4.69, 9.17) is 5.26 Å². The zero-order valence-corrected chi connectivity index (χ0v) is 6.05. The number of nitriles is 1. The van der Waals surface area contributed by atoms with Crippen LogP contribution in [-0.2, 0) is 0 Å². The molecular weight excluding hydrogens is 148 g/mol. The molecule has 0 aliphatic rings. The van der Waals surface area contributed by atoms with Crippen molar-refractivity contribution in [2.45, 2.75) is 0 Å². The van der Waals surface area contributed by atoms with Crippen LogP contribution in [0.25, 0.3) is 0 Å². The smallest absolute Gasteiger partial charge is 0.192 e. The van der Waals surface area contributed by atoms with Crippen molar-refractivity contribution in [2.24, 2.45) is 0 Å². The summed E-state index contributed by atoms with van der Waals surface area (Å²) in [4.78, 5) is 1.71. The van der Waals surface area contributed by atoms with Gasteiger partial charge in [0, 0.05) is 11.8 Å². The molecule has 0 atom stereocenters. The van der Waals surface area contributed by atoms with Gasteiger partial charge >= 0.3 is 0 Å². The molecule has 0 amide bonds. The Kier molecular flexibility index (Phi) is 6.86.